The Balaban J connectivity index is 1.54. The highest BCUT2D eigenvalue weighted by molar-refractivity contribution is 7.22. The summed E-state index contributed by atoms with van der Waals surface area (Å²) in [7, 11) is 1.58. The van der Waals surface area contributed by atoms with Gasteiger partial charge < -0.3 is 24.1 Å². The fraction of sp³-hybridized carbons (Fsp3) is 0.281. The zero-order valence-electron chi connectivity index (χ0n) is 23.7. The topological polar surface area (TPSA) is 107 Å². The summed E-state index contributed by atoms with van der Waals surface area (Å²) in [4.78, 5) is 33.5. The Morgan fingerprint density at radius 3 is 2.60 bits per heavy atom. The Morgan fingerprint density at radius 2 is 1.83 bits per heavy atom. The molecule has 3 heterocycles. The number of aliphatic hydroxyl groups excluding tert-OH is 1. The zero-order chi connectivity index (χ0) is 29.5. The number of carbonyl (C=O) groups is 2. The van der Waals surface area contributed by atoms with Crippen LogP contribution in [0.2, 0.25) is 0 Å². The maximum Gasteiger partial charge on any atom is 0.301 e. The molecule has 2 aliphatic heterocycles. The summed E-state index contributed by atoms with van der Waals surface area (Å²) in [6.07, 6.45) is 0.696. The van der Waals surface area contributed by atoms with Crippen molar-refractivity contribution < 1.29 is 33.6 Å². The maximum absolute atomic E-state index is 13.7. The Morgan fingerprint density at radius 1 is 1.05 bits per heavy atom. The molecular formula is C32H30N2O7S. The first-order chi connectivity index (χ1) is 20.3. The fourth-order valence-corrected chi connectivity index (χ4v) is 6.45. The second-order valence-electron chi connectivity index (χ2n) is 10.0. The predicted molar refractivity (Wildman–Crippen MR) is 160 cm³/mol. The molecule has 3 aromatic carbocycles. The molecule has 0 radical (unpaired) electrons. The number of amides is 1. The first-order valence-corrected chi connectivity index (χ1v) is 14.6. The molecule has 4 aromatic rings. The lowest BCUT2D eigenvalue weighted by Gasteiger charge is -2.24. The number of carbonyl (C=O) groups excluding carboxylic acids is 2. The highest BCUT2D eigenvalue weighted by Gasteiger charge is 2.48. The summed E-state index contributed by atoms with van der Waals surface area (Å²) in [6, 6.07) is 15.0. The smallest absolute Gasteiger partial charge is 0.301 e. The first-order valence-electron chi connectivity index (χ1n) is 13.8. The molecule has 9 nitrogen and oxygen atoms in total. The van der Waals surface area contributed by atoms with Crippen LogP contribution in [0.5, 0.6) is 23.0 Å². The number of thiazole rings is 1. The molecule has 0 unspecified atom stereocenters. The van der Waals surface area contributed by atoms with Crippen LogP contribution >= 0.6 is 11.3 Å². The lowest BCUT2D eigenvalue weighted by atomic mass is 9.94. The van der Waals surface area contributed by atoms with E-state index < -0.39 is 17.7 Å². The van der Waals surface area contributed by atoms with Gasteiger partial charge in [-0.2, -0.15) is 0 Å². The first kappa shape index (κ1) is 27.6. The van der Waals surface area contributed by atoms with E-state index in [2.05, 4.69) is 0 Å². The molecule has 1 N–H and O–H groups in total. The van der Waals surface area contributed by atoms with Gasteiger partial charge in [0.05, 0.1) is 42.2 Å². The van der Waals surface area contributed by atoms with E-state index in [0.717, 1.165) is 16.0 Å². The molecule has 2 aliphatic rings. The van der Waals surface area contributed by atoms with Crippen LogP contribution in [0.1, 0.15) is 43.5 Å². The van der Waals surface area contributed by atoms with Crippen molar-refractivity contribution in [3.05, 3.63) is 76.9 Å². The Bertz CT molecular complexity index is 1740. The molecule has 0 bridgehead atoms. The van der Waals surface area contributed by atoms with Crippen LogP contribution in [0, 0.1) is 0 Å². The minimum Gasteiger partial charge on any atom is -0.507 e. The normalized spacial score (nSPS) is 19.2. The van der Waals surface area contributed by atoms with Crippen LogP contribution in [0.3, 0.4) is 0 Å². The van der Waals surface area contributed by atoms with E-state index in [4.69, 9.17) is 23.9 Å². The molecule has 1 aromatic heterocycles. The number of benzene rings is 3. The van der Waals surface area contributed by atoms with E-state index in [1.807, 2.05) is 32.9 Å². The van der Waals surface area contributed by atoms with Crippen molar-refractivity contribution in [1.29, 1.82) is 0 Å². The number of nitrogens with zero attached hydrogens (tertiary/aromatic N) is 2. The highest BCUT2D eigenvalue weighted by Crippen LogP contribution is 2.46. The SMILES string of the molecule is CCOc1ccc([C@@H]2C(=C(O)c3ccc4c(c3)C[C@H](C)O4)C(=O)C(=O)N2c2nc3ccc(OC)cc3s2)cc1OCC. The molecule has 10 heteroatoms. The van der Waals surface area contributed by atoms with Crippen LogP contribution in [0.4, 0.5) is 5.13 Å². The van der Waals surface area contributed by atoms with Gasteiger partial charge in [0, 0.05) is 12.0 Å². The van der Waals surface area contributed by atoms with E-state index in [0.29, 0.717) is 58.7 Å². The lowest BCUT2D eigenvalue weighted by Crippen LogP contribution is -2.29. The molecule has 2 atom stereocenters. The van der Waals surface area contributed by atoms with Gasteiger partial charge in [0.1, 0.15) is 23.4 Å². The number of hydrogen-bond donors (Lipinski definition) is 1. The number of aliphatic hydroxyl groups is 1. The van der Waals surface area contributed by atoms with Crippen molar-refractivity contribution in [2.75, 3.05) is 25.2 Å². The second kappa shape index (κ2) is 11.0. The summed E-state index contributed by atoms with van der Waals surface area (Å²) >= 11 is 1.27. The number of hydrogen-bond acceptors (Lipinski definition) is 9. The number of ether oxygens (including phenoxy) is 4. The van der Waals surface area contributed by atoms with Gasteiger partial charge in [-0.25, -0.2) is 4.98 Å². The Labute approximate surface area is 246 Å². The third kappa shape index (κ3) is 4.71. The molecule has 1 fully saturated rings. The number of fused-ring (bicyclic) bond motifs is 2. The van der Waals surface area contributed by atoms with Gasteiger partial charge in [-0.05, 0) is 80.4 Å². The molecule has 42 heavy (non-hydrogen) atoms. The molecule has 216 valence electrons. The van der Waals surface area contributed by atoms with Gasteiger partial charge in [0.25, 0.3) is 5.78 Å². The number of rotatable bonds is 8. The van der Waals surface area contributed by atoms with Crippen molar-refractivity contribution in [2.24, 2.45) is 0 Å². The van der Waals surface area contributed by atoms with E-state index in [1.165, 1.54) is 16.2 Å². The van der Waals surface area contributed by atoms with Crippen molar-refractivity contribution >= 4 is 44.1 Å². The highest BCUT2D eigenvalue weighted by atomic mass is 32.1. The van der Waals surface area contributed by atoms with Gasteiger partial charge in [0.15, 0.2) is 16.6 Å². The maximum atomic E-state index is 13.7. The number of Topliss-reactive ketones (excluding diaryl/α,β-unsaturated/α-hetero) is 1. The summed E-state index contributed by atoms with van der Waals surface area (Å²) in [5, 5.41) is 12.0. The summed E-state index contributed by atoms with van der Waals surface area (Å²) in [6.45, 7) is 6.54. The minimum absolute atomic E-state index is 0.0153. The van der Waals surface area contributed by atoms with Crippen LogP contribution in [-0.4, -0.2) is 48.2 Å². The molecule has 1 amide bonds. The molecular weight excluding hydrogens is 556 g/mol. The zero-order valence-corrected chi connectivity index (χ0v) is 24.5. The number of ketones is 1. The van der Waals surface area contributed by atoms with Crippen molar-refractivity contribution in [3.63, 3.8) is 0 Å². The summed E-state index contributed by atoms with van der Waals surface area (Å²) < 4.78 is 23.6. The second-order valence-corrected chi connectivity index (χ2v) is 11.0. The van der Waals surface area contributed by atoms with Crippen molar-refractivity contribution in [2.45, 2.75) is 39.3 Å². The summed E-state index contributed by atoms with van der Waals surface area (Å²) in [5.41, 5.74) is 2.55. The molecule has 6 rings (SSSR count). The number of methoxy groups -OCH3 is 1. The molecule has 0 spiro atoms. The monoisotopic (exact) mass is 586 g/mol. The largest absolute Gasteiger partial charge is 0.507 e. The third-order valence-electron chi connectivity index (χ3n) is 7.29. The van der Waals surface area contributed by atoms with Crippen molar-refractivity contribution in [1.82, 2.24) is 4.98 Å². The number of anilines is 1. The van der Waals surface area contributed by atoms with E-state index in [1.54, 1.807) is 49.6 Å². The average molecular weight is 587 g/mol. The quantitative estimate of drug-likeness (QED) is 0.151. The van der Waals surface area contributed by atoms with Crippen LogP contribution < -0.4 is 23.8 Å². The average Bonchev–Trinajstić information content (AvgIpc) is 3.65. The third-order valence-corrected chi connectivity index (χ3v) is 8.30. The predicted octanol–water partition coefficient (Wildman–Crippen LogP) is 6.05. The van der Waals surface area contributed by atoms with Gasteiger partial charge in [-0.15, -0.1) is 0 Å². The lowest BCUT2D eigenvalue weighted by molar-refractivity contribution is -0.132. The van der Waals surface area contributed by atoms with Crippen molar-refractivity contribution in [3.8, 4) is 23.0 Å². The number of aromatic nitrogens is 1. The van der Waals surface area contributed by atoms with E-state index in [9.17, 15) is 14.7 Å². The van der Waals surface area contributed by atoms with Crippen LogP contribution in [-0.2, 0) is 16.0 Å². The fourth-order valence-electron chi connectivity index (χ4n) is 5.43. The summed E-state index contributed by atoms with van der Waals surface area (Å²) in [5.74, 6) is 0.564. The Kier molecular flexibility index (Phi) is 7.24. The molecule has 1 saturated heterocycles. The van der Waals surface area contributed by atoms with Gasteiger partial charge in [0.2, 0.25) is 0 Å². The van der Waals surface area contributed by atoms with E-state index >= 15 is 0 Å². The standard InChI is InChI=1S/C32H30N2O7S/c1-5-39-24-12-7-18(15-25(24)40-6-2)28-27(29(35)19-8-11-23-20(14-19)13-17(3)41-23)30(36)31(37)34(28)32-33-22-10-9-21(38-4)16-26(22)42-32/h7-12,14-17,28,35H,5-6,13H2,1-4H3/t17-,28+/m0/s1. The molecule has 0 aliphatic carbocycles. The molecule has 0 saturated carbocycles. The van der Waals surface area contributed by atoms with Gasteiger partial charge in [-0.3, -0.25) is 14.5 Å². The van der Waals surface area contributed by atoms with Gasteiger partial charge >= 0.3 is 5.91 Å². The Hall–Kier alpha value is -4.57. The van der Waals surface area contributed by atoms with Crippen LogP contribution in [0.15, 0.2) is 60.2 Å². The van der Waals surface area contributed by atoms with Gasteiger partial charge in [-0.1, -0.05) is 17.4 Å². The van der Waals surface area contributed by atoms with E-state index in [-0.39, 0.29) is 17.4 Å². The minimum atomic E-state index is -0.967. The van der Waals surface area contributed by atoms with Crippen LogP contribution in [0.25, 0.3) is 16.0 Å².